The molecule has 1 amide bonds. The molecule has 7 heteroatoms. The van der Waals surface area contributed by atoms with Gasteiger partial charge in [0.2, 0.25) is 5.91 Å². The van der Waals surface area contributed by atoms with E-state index in [1.165, 1.54) is 24.8 Å². The number of aliphatic imine (C=N–C) groups is 1. The van der Waals surface area contributed by atoms with Crippen LogP contribution >= 0.6 is 0 Å². The van der Waals surface area contributed by atoms with Crippen LogP contribution in [-0.2, 0) is 16.0 Å². The number of ether oxygens (including phenoxy) is 2. The molecule has 162 valence electrons. The largest absolute Gasteiger partial charge is 0.497 e. The van der Waals surface area contributed by atoms with Gasteiger partial charge in [-0.3, -0.25) is 4.79 Å². The van der Waals surface area contributed by atoms with Crippen LogP contribution in [0.3, 0.4) is 0 Å². The Morgan fingerprint density at radius 1 is 1.17 bits per heavy atom. The van der Waals surface area contributed by atoms with E-state index in [1.807, 2.05) is 12.1 Å². The number of nitrogens with zero attached hydrogens (tertiary/aromatic N) is 2. The molecule has 0 radical (unpaired) electrons. The molecular weight excluding hydrogens is 368 g/mol. The average molecular weight is 405 g/mol. The molecule has 1 aromatic carbocycles. The highest BCUT2D eigenvalue weighted by atomic mass is 16.5. The van der Waals surface area contributed by atoms with Crippen molar-refractivity contribution in [2.24, 2.45) is 10.4 Å². The molecule has 7 nitrogen and oxygen atoms in total. The fourth-order valence-corrected chi connectivity index (χ4v) is 3.36. The molecule has 2 rings (SSSR count). The predicted octanol–water partition coefficient (Wildman–Crippen LogP) is 2.07. The van der Waals surface area contributed by atoms with Crippen LogP contribution in [0.2, 0.25) is 0 Å². The summed E-state index contributed by atoms with van der Waals surface area (Å²) in [5.74, 6) is 1.53. The van der Waals surface area contributed by atoms with Gasteiger partial charge in [0.25, 0.3) is 0 Å². The van der Waals surface area contributed by atoms with E-state index in [0.29, 0.717) is 5.96 Å². The zero-order valence-electron chi connectivity index (χ0n) is 18.3. The highest BCUT2D eigenvalue weighted by Crippen LogP contribution is 2.43. The Bertz CT molecular complexity index is 655. The second-order valence-electron chi connectivity index (χ2n) is 7.93. The van der Waals surface area contributed by atoms with Gasteiger partial charge in [-0.2, -0.15) is 0 Å². The standard InChI is InChI=1S/C22H36N4O3/c1-26(2)20(27)16-24-21(25-17-22(11-5-12-22)13-15-28-3)23-14-10-18-6-8-19(29-4)9-7-18/h6-9H,5,10-17H2,1-4H3,(H2,23,24,25). The number of hydrogen-bond acceptors (Lipinski definition) is 4. The lowest BCUT2D eigenvalue weighted by atomic mass is 9.67. The first-order valence-electron chi connectivity index (χ1n) is 10.3. The first kappa shape index (κ1) is 23.0. The third-order valence-corrected chi connectivity index (χ3v) is 5.62. The number of carbonyl (C=O) groups excluding carboxylic acids is 1. The summed E-state index contributed by atoms with van der Waals surface area (Å²) in [6.45, 7) is 2.49. The third kappa shape index (κ3) is 7.57. The van der Waals surface area contributed by atoms with E-state index < -0.39 is 0 Å². The number of nitrogens with one attached hydrogen (secondary N) is 2. The molecular formula is C22H36N4O3. The summed E-state index contributed by atoms with van der Waals surface area (Å²) in [5, 5.41) is 6.84. The maximum absolute atomic E-state index is 11.9. The van der Waals surface area contributed by atoms with Gasteiger partial charge in [0.1, 0.15) is 12.3 Å². The van der Waals surface area contributed by atoms with E-state index >= 15 is 0 Å². The van der Waals surface area contributed by atoms with Gasteiger partial charge in [0, 0.05) is 40.9 Å². The molecule has 2 N–H and O–H groups in total. The van der Waals surface area contributed by atoms with Gasteiger partial charge in [0.15, 0.2) is 5.96 Å². The van der Waals surface area contributed by atoms with Gasteiger partial charge < -0.3 is 25.0 Å². The SMILES string of the molecule is COCCC1(CNC(=NCC(=O)N(C)C)NCCc2ccc(OC)cc2)CCC1. The zero-order valence-corrected chi connectivity index (χ0v) is 18.3. The van der Waals surface area contributed by atoms with Crippen LogP contribution in [0.5, 0.6) is 5.75 Å². The van der Waals surface area contributed by atoms with Crippen LogP contribution < -0.4 is 15.4 Å². The number of hydrogen-bond donors (Lipinski definition) is 2. The van der Waals surface area contributed by atoms with Gasteiger partial charge in [-0.05, 0) is 48.8 Å². The molecule has 29 heavy (non-hydrogen) atoms. The second kappa shape index (κ2) is 11.7. The quantitative estimate of drug-likeness (QED) is 0.436. The van der Waals surface area contributed by atoms with E-state index in [9.17, 15) is 4.79 Å². The Balaban J connectivity index is 1.91. The Morgan fingerprint density at radius 2 is 1.90 bits per heavy atom. The molecule has 0 unspecified atom stereocenters. The molecule has 0 spiro atoms. The van der Waals surface area contributed by atoms with Crippen molar-refractivity contribution >= 4 is 11.9 Å². The monoisotopic (exact) mass is 404 g/mol. The van der Waals surface area contributed by atoms with Crippen molar-refractivity contribution in [3.05, 3.63) is 29.8 Å². The van der Waals surface area contributed by atoms with Gasteiger partial charge >= 0.3 is 0 Å². The molecule has 1 fully saturated rings. The Hall–Kier alpha value is -2.28. The Kier molecular flexibility index (Phi) is 9.25. The lowest BCUT2D eigenvalue weighted by molar-refractivity contribution is -0.127. The van der Waals surface area contributed by atoms with E-state index in [2.05, 4.69) is 27.8 Å². The number of guanidine groups is 1. The second-order valence-corrected chi connectivity index (χ2v) is 7.93. The summed E-state index contributed by atoms with van der Waals surface area (Å²) in [7, 11) is 6.91. The van der Waals surface area contributed by atoms with Crippen molar-refractivity contribution in [1.29, 1.82) is 0 Å². The number of rotatable bonds is 11. The van der Waals surface area contributed by atoms with Crippen molar-refractivity contribution < 1.29 is 14.3 Å². The predicted molar refractivity (Wildman–Crippen MR) is 116 cm³/mol. The highest BCUT2D eigenvalue weighted by molar-refractivity contribution is 5.84. The molecule has 0 atom stereocenters. The van der Waals surface area contributed by atoms with Crippen LogP contribution in [0.4, 0.5) is 0 Å². The molecule has 1 aromatic rings. The van der Waals surface area contributed by atoms with Crippen LogP contribution in [0.25, 0.3) is 0 Å². The van der Waals surface area contributed by atoms with Gasteiger partial charge in [-0.1, -0.05) is 18.6 Å². The fourth-order valence-electron chi connectivity index (χ4n) is 3.36. The average Bonchev–Trinajstić information content (AvgIpc) is 2.70. The lowest BCUT2D eigenvalue weighted by Gasteiger charge is -2.42. The number of amides is 1. The van der Waals surface area contributed by atoms with Gasteiger partial charge in [-0.15, -0.1) is 0 Å². The van der Waals surface area contributed by atoms with E-state index in [1.54, 1.807) is 33.2 Å². The van der Waals surface area contributed by atoms with Crippen molar-refractivity contribution in [3.8, 4) is 5.75 Å². The first-order valence-corrected chi connectivity index (χ1v) is 10.3. The minimum absolute atomic E-state index is 0.0148. The molecule has 0 saturated heterocycles. The van der Waals surface area contributed by atoms with Crippen molar-refractivity contribution in [2.75, 3.05) is 54.6 Å². The zero-order chi connectivity index (χ0) is 21.1. The van der Waals surface area contributed by atoms with E-state index in [-0.39, 0.29) is 17.9 Å². The topological polar surface area (TPSA) is 75.2 Å². The molecule has 1 aliphatic rings. The number of likely N-dealkylation sites (N-methyl/N-ethyl adjacent to an activating group) is 1. The molecule has 0 aromatic heterocycles. The molecule has 0 heterocycles. The van der Waals surface area contributed by atoms with Crippen molar-refractivity contribution in [2.45, 2.75) is 32.1 Å². The summed E-state index contributed by atoms with van der Waals surface area (Å²) < 4.78 is 10.5. The molecule has 1 saturated carbocycles. The van der Waals surface area contributed by atoms with Crippen LogP contribution in [0.15, 0.2) is 29.3 Å². The van der Waals surface area contributed by atoms with E-state index in [4.69, 9.17) is 9.47 Å². The minimum Gasteiger partial charge on any atom is -0.497 e. The van der Waals surface area contributed by atoms with Gasteiger partial charge in [-0.25, -0.2) is 4.99 Å². The van der Waals surface area contributed by atoms with Crippen LogP contribution in [-0.4, -0.2) is 71.3 Å². The van der Waals surface area contributed by atoms with Crippen LogP contribution in [0.1, 0.15) is 31.2 Å². The summed E-state index contributed by atoms with van der Waals surface area (Å²) in [6.07, 6.45) is 5.59. The Morgan fingerprint density at radius 3 is 2.45 bits per heavy atom. The maximum Gasteiger partial charge on any atom is 0.243 e. The molecule has 1 aliphatic carbocycles. The maximum atomic E-state index is 11.9. The third-order valence-electron chi connectivity index (χ3n) is 5.62. The summed E-state index contributed by atoms with van der Waals surface area (Å²) in [6, 6.07) is 8.06. The fraction of sp³-hybridized carbons (Fsp3) is 0.636. The molecule has 0 aliphatic heterocycles. The van der Waals surface area contributed by atoms with Crippen LogP contribution in [0, 0.1) is 5.41 Å². The summed E-state index contributed by atoms with van der Waals surface area (Å²) in [4.78, 5) is 18.0. The normalized spacial score (nSPS) is 15.4. The number of carbonyl (C=O) groups is 1. The lowest BCUT2D eigenvalue weighted by Crippen LogP contribution is -2.47. The smallest absolute Gasteiger partial charge is 0.243 e. The first-order chi connectivity index (χ1) is 14.0. The van der Waals surface area contributed by atoms with Crippen molar-refractivity contribution in [3.63, 3.8) is 0 Å². The highest BCUT2D eigenvalue weighted by Gasteiger charge is 2.36. The number of benzene rings is 1. The summed E-state index contributed by atoms with van der Waals surface area (Å²) >= 11 is 0. The molecule has 0 bridgehead atoms. The summed E-state index contributed by atoms with van der Waals surface area (Å²) in [5.41, 5.74) is 1.50. The number of methoxy groups -OCH3 is 2. The van der Waals surface area contributed by atoms with Gasteiger partial charge in [0.05, 0.1) is 7.11 Å². The van der Waals surface area contributed by atoms with Crippen molar-refractivity contribution in [1.82, 2.24) is 15.5 Å². The Labute approximate surface area is 174 Å². The minimum atomic E-state index is -0.0148. The van der Waals surface area contributed by atoms with E-state index in [0.717, 1.165) is 38.3 Å².